The molecular formula is C22H20F2N4O3. The number of nitrogens with zero attached hydrogens (tertiary/aromatic N) is 3. The summed E-state index contributed by atoms with van der Waals surface area (Å²) in [5, 5.41) is 7.53. The molecule has 160 valence electrons. The number of halogens is 2. The minimum absolute atomic E-state index is 0.106. The molecule has 7 nitrogen and oxygen atoms in total. The third-order valence-corrected chi connectivity index (χ3v) is 5.19. The maximum Gasteiger partial charge on any atom is 0.385 e. The molecule has 0 aliphatic heterocycles. The smallest absolute Gasteiger partial charge is 0.385 e. The van der Waals surface area contributed by atoms with E-state index in [4.69, 9.17) is 15.3 Å². The maximum atomic E-state index is 12.9. The van der Waals surface area contributed by atoms with Crippen molar-refractivity contribution >= 4 is 11.8 Å². The van der Waals surface area contributed by atoms with E-state index in [9.17, 15) is 13.6 Å². The van der Waals surface area contributed by atoms with Gasteiger partial charge in [-0.1, -0.05) is 41.6 Å². The number of ether oxygens (including phenoxy) is 1. The SMILES string of the molecule is Cn1nc(C(=O)O/N=C(\N)C2(c3ccccc3Oc3ccccc3)CC2)cc1C(F)F. The van der Waals surface area contributed by atoms with Crippen LogP contribution in [0.25, 0.3) is 0 Å². The van der Waals surface area contributed by atoms with Crippen LogP contribution in [0.4, 0.5) is 8.78 Å². The predicted molar refractivity (Wildman–Crippen MR) is 109 cm³/mol. The lowest BCUT2D eigenvalue weighted by Crippen LogP contribution is -2.30. The molecule has 0 bridgehead atoms. The number of carbonyl (C=O) groups is 1. The molecule has 1 aromatic heterocycles. The van der Waals surface area contributed by atoms with Gasteiger partial charge in [-0.15, -0.1) is 0 Å². The molecule has 3 aromatic rings. The molecule has 0 saturated heterocycles. The molecule has 4 rings (SSSR count). The number of rotatable bonds is 7. The number of hydrogen-bond acceptors (Lipinski definition) is 5. The predicted octanol–water partition coefficient (Wildman–Crippen LogP) is 4.31. The molecule has 0 atom stereocenters. The standard InChI is InChI=1S/C22H20F2N4O3/c1-28-17(19(23)24)13-16(26-28)20(29)31-27-21(25)22(11-12-22)15-9-5-6-10-18(15)30-14-7-3-2-4-8-14/h2-10,13,19H,11-12H2,1H3,(H2,25,27). The van der Waals surface area contributed by atoms with Gasteiger partial charge in [-0.05, 0) is 31.0 Å². The lowest BCUT2D eigenvalue weighted by molar-refractivity contribution is 0.0506. The van der Waals surface area contributed by atoms with Crippen molar-refractivity contribution in [3.63, 3.8) is 0 Å². The number of oxime groups is 1. The van der Waals surface area contributed by atoms with Crippen LogP contribution in [0, 0.1) is 0 Å². The zero-order valence-electron chi connectivity index (χ0n) is 16.7. The molecule has 9 heteroatoms. The Kier molecular flexibility index (Phi) is 5.41. The van der Waals surface area contributed by atoms with Crippen molar-refractivity contribution in [1.82, 2.24) is 9.78 Å². The van der Waals surface area contributed by atoms with Crippen LogP contribution in [-0.2, 0) is 17.3 Å². The Morgan fingerprint density at radius 3 is 2.48 bits per heavy atom. The summed E-state index contributed by atoms with van der Waals surface area (Å²) in [4.78, 5) is 17.1. The second kappa shape index (κ2) is 8.17. The number of benzene rings is 2. The summed E-state index contributed by atoms with van der Waals surface area (Å²) in [6.45, 7) is 0. The fourth-order valence-electron chi connectivity index (χ4n) is 3.37. The summed E-state index contributed by atoms with van der Waals surface area (Å²) < 4.78 is 32.7. The Hall–Kier alpha value is -3.75. The van der Waals surface area contributed by atoms with Crippen LogP contribution in [0.1, 0.15) is 41.0 Å². The van der Waals surface area contributed by atoms with Gasteiger partial charge in [0.25, 0.3) is 6.43 Å². The zero-order valence-corrected chi connectivity index (χ0v) is 16.7. The van der Waals surface area contributed by atoms with Crippen molar-refractivity contribution in [2.24, 2.45) is 17.9 Å². The zero-order chi connectivity index (χ0) is 22.0. The molecule has 1 fully saturated rings. The molecule has 31 heavy (non-hydrogen) atoms. The van der Waals surface area contributed by atoms with E-state index < -0.39 is 23.5 Å². The van der Waals surface area contributed by atoms with Crippen molar-refractivity contribution in [2.75, 3.05) is 0 Å². The minimum atomic E-state index is -2.76. The first-order valence-corrected chi connectivity index (χ1v) is 9.60. The Labute approximate surface area is 177 Å². The second-order valence-electron chi connectivity index (χ2n) is 7.23. The van der Waals surface area contributed by atoms with Gasteiger partial charge in [-0.3, -0.25) is 4.68 Å². The van der Waals surface area contributed by atoms with Gasteiger partial charge >= 0.3 is 5.97 Å². The van der Waals surface area contributed by atoms with E-state index >= 15 is 0 Å². The van der Waals surface area contributed by atoms with E-state index in [-0.39, 0.29) is 11.5 Å². The van der Waals surface area contributed by atoms with Crippen molar-refractivity contribution in [2.45, 2.75) is 24.7 Å². The molecular weight excluding hydrogens is 406 g/mol. The van der Waals surface area contributed by atoms with Crippen LogP contribution in [0.15, 0.2) is 65.8 Å². The fraction of sp³-hybridized carbons (Fsp3) is 0.227. The molecule has 2 N–H and O–H groups in total. The average Bonchev–Trinajstić information content (AvgIpc) is 3.48. The number of alkyl halides is 2. The van der Waals surface area contributed by atoms with E-state index in [0.717, 1.165) is 16.3 Å². The lowest BCUT2D eigenvalue weighted by atomic mass is 9.94. The summed E-state index contributed by atoms with van der Waals surface area (Å²) in [6, 6.07) is 17.7. The van der Waals surface area contributed by atoms with Crippen molar-refractivity contribution in [3.8, 4) is 11.5 Å². The minimum Gasteiger partial charge on any atom is -0.457 e. The van der Waals surface area contributed by atoms with Crippen LogP contribution in [0.2, 0.25) is 0 Å². The molecule has 1 aliphatic rings. The highest BCUT2D eigenvalue weighted by atomic mass is 19.3. The van der Waals surface area contributed by atoms with Crippen LogP contribution < -0.4 is 10.5 Å². The van der Waals surface area contributed by atoms with E-state index in [0.29, 0.717) is 24.3 Å². The molecule has 0 radical (unpaired) electrons. The summed E-state index contributed by atoms with van der Waals surface area (Å²) in [6.07, 6.45) is -1.36. The van der Waals surface area contributed by atoms with Crippen molar-refractivity contribution in [3.05, 3.63) is 77.6 Å². The number of carbonyl (C=O) groups excluding carboxylic acids is 1. The quantitative estimate of drug-likeness (QED) is 0.263. The largest absolute Gasteiger partial charge is 0.457 e. The molecule has 0 unspecified atom stereocenters. The first kappa shape index (κ1) is 20.5. The van der Waals surface area contributed by atoms with E-state index in [1.54, 1.807) is 0 Å². The molecule has 0 amide bonds. The number of para-hydroxylation sites is 2. The third kappa shape index (κ3) is 4.11. The van der Waals surface area contributed by atoms with Crippen LogP contribution >= 0.6 is 0 Å². The Bertz CT molecular complexity index is 1120. The number of aryl methyl sites for hydroxylation is 1. The monoisotopic (exact) mass is 426 g/mol. The number of amidine groups is 1. The van der Waals surface area contributed by atoms with Gasteiger partial charge in [0.2, 0.25) is 0 Å². The lowest BCUT2D eigenvalue weighted by Gasteiger charge is -2.18. The maximum absolute atomic E-state index is 12.9. The van der Waals surface area contributed by atoms with Crippen LogP contribution in [-0.4, -0.2) is 21.6 Å². The van der Waals surface area contributed by atoms with E-state index in [1.165, 1.54) is 7.05 Å². The first-order chi connectivity index (χ1) is 14.9. The Balaban J connectivity index is 1.54. The molecule has 1 aliphatic carbocycles. The normalized spacial score (nSPS) is 15.0. The number of nitrogens with two attached hydrogens (primary N) is 1. The van der Waals surface area contributed by atoms with E-state index in [2.05, 4.69) is 10.3 Å². The number of aromatic nitrogens is 2. The second-order valence-corrected chi connectivity index (χ2v) is 7.23. The van der Waals surface area contributed by atoms with Gasteiger partial charge in [0.1, 0.15) is 17.2 Å². The van der Waals surface area contributed by atoms with Crippen LogP contribution in [0.5, 0.6) is 11.5 Å². The van der Waals surface area contributed by atoms with Gasteiger partial charge < -0.3 is 15.3 Å². The van der Waals surface area contributed by atoms with Crippen LogP contribution in [0.3, 0.4) is 0 Å². The topological polar surface area (TPSA) is 91.7 Å². The summed E-state index contributed by atoms with van der Waals surface area (Å²) in [5.41, 5.74) is 5.73. The summed E-state index contributed by atoms with van der Waals surface area (Å²) in [7, 11) is 1.32. The highest BCUT2D eigenvalue weighted by Gasteiger charge is 2.50. The third-order valence-electron chi connectivity index (χ3n) is 5.19. The Morgan fingerprint density at radius 1 is 1.16 bits per heavy atom. The first-order valence-electron chi connectivity index (χ1n) is 9.60. The average molecular weight is 426 g/mol. The van der Waals surface area contributed by atoms with Crippen molar-refractivity contribution < 1.29 is 23.1 Å². The summed E-state index contributed by atoms with van der Waals surface area (Å²) in [5.74, 6) is 0.449. The van der Waals surface area contributed by atoms with Gasteiger partial charge in [-0.25, -0.2) is 13.6 Å². The Morgan fingerprint density at radius 2 is 1.84 bits per heavy atom. The van der Waals surface area contributed by atoms with Gasteiger partial charge in [0.05, 0.1) is 5.41 Å². The molecule has 1 saturated carbocycles. The number of hydrogen-bond donors (Lipinski definition) is 1. The van der Waals surface area contributed by atoms with Crippen molar-refractivity contribution in [1.29, 1.82) is 0 Å². The van der Waals surface area contributed by atoms with Gasteiger partial charge in [-0.2, -0.15) is 5.10 Å². The molecule has 0 spiro atoms. The summed E-state index contributed by atoms with van der Waals surface area (Å²) >= 11 is 0. The highest BCUT2D eigenvalue weighted by Crippen LogP contribution is 2.52. The van der Waals surface area contributed by atoms with Gasteiger partial charge in [0, 0.05) is 18.7 Å². The van der Waals surface area contributed by atoms with Gasteiger partial charge in [0.15, 0.2) is 11.5 Å². The fourth-order valence-corrected chi connectivity index (χ4v) is 3.37. The molecule has 1 heterocycles. The molecule has 2 aromatic carbocycles. The van der Waals surface area contributed by atoms with E-state index in [1.807, 2.05) is 54.6 Å². The highest BCUT2D eigenvalue weighted by molar-refractivity contribution is 5.96.